The number of nitrogens with one attached hydrogen (secondary N) is 1. The van der Waals surface area contributed by atoms with Gasteiger partial charge in [-0.25, -0.2) is 14.8 Å². The number of halogens is 1. The lowest BCUT2D eigenvalue weighted by atomic mass is 10.1. The fourth-order valence-corrected chi connectivity index (χ4v) is 2.07. The van der Waals surface area contributed by atoms with Gasteiger partial charge in [0.2, 0.25) is 5.95 Å². The summed E-state index contributed by atoms with van der Waals surface area (Å²) in [5.74, 6) is 0.325. The van der Waals surface area contributed by atoms with Crippen LogP contribution in [-0.4, -0.2) is 26.6 Å². The number of nitrogens with zero attached hydrogens (tertiary/aromatic N) is 4. The van der Waals surface area contributed by atoms with Crippen LogP contribution in [-0.2, 0) is 13.0 Å². The van der Waals surface area contributed by atoms with E-state index in [0.717, 1.165) is 22.3 Å². The van der Waals surface area contributed by atoms with Crippen molar-refractivity contribution in [2.45, 2.75) is 19.9 Å². The van der Waals surface area contributed by atoms with Crippen LogP contribution in [0, 0.1) is 0 Å². The summed E-state index contributed by atoms with van der Waals surface area (Å²) < 4.78 is 2.26. The van der Waals surface area contributed by atoms with Gasteiger partial charge in [0.25, 0.3) is 0 Å². The van der Waals surface area contributed by atoms with Crippen LogP contribution in [0.2, 0.25) is 0 Å². The van der Waals surface area contributed by atoms with E-state index in [2.05, 4.69) is 36.2 Å². The Kier molecular flexibility index (Phi) is 4.26. The van der Waals surface area contributed by atoms with Crippen LogP contribution < -0.4 is 11.0 Å². The van der Waals surface area contributed by atoms with Crippen LogP contribution in [0.3, 0.4) is 0 Å². The lowest BCUT2D eigenvalue weighted by Crippen LogP contribution is -2.25. The molecule has 19 heavy (non-hydrogen) atoms. The summed E-state index contributed by atoms with van der Waals surface area (Å²) in [4.78, 5) is 24.1. The maximum atomic E-state index is 11.8. The summed E-state index contributed by atoms with van der Waals surface area (Å²) in [6.45, 7) is 2.45. The summed E-state index contributed by atoms with van der Waals surface area (Å²) in [5.41, 5.74) is 1.62. The molecular formula is C12H14BrN5O. The van der Waals surface area contributed by atoms with Crippen molar-refractivity contribution in [1.29, 1.82) is 0 Å². The highest BCUT2D eigenvalue weighted by atomic mass is 79.9. The second kappa shape index (κ2) is 5.92. The second-order valence-corrected chi connectivity index (χ2v) is 4.75. The van der Waals surface area contributed by atoms with Crippen molar-refractivity contribution >= 4 is 21.9 Å². The van der Waals surface area contributed by atoms with Crippen molar-refractivity contribution in [2.75, 3.05) is 12.4 Å². The minimum absolute atomic E-state index is 0.325. The monoisotopic (exact) mass is 323 g/mol. The van der Waals surface area contributed by atoms with Crippen LogP contribution in [0.5, 0.6) is 0 Å². The lowest BCUT2D eigenvalue weighted by molar-refractivity contribution is 0.693. The molecule has 2 aromatic rings. The van der Waals surface area contributed by atoms with Gasteiger partial charge in [-0.15, -0.1) is 0 Å². The van der Waals surface area contributed by atoms with Gasteiger partial charge in [-0.2, -0.15) is 4.98 Å². The lowest BCUT2D eigenvalue weighted by Gasteiger charge is -2.09. The van der Waals surface area contributed by atoms with E-state index in [1.54, 1.807) is 7.05 Å². The second-order valence-electron chi connectivity index (χ2n) is 3.93. The molecule has 0 atom stereocenters. The van der Waals surface area contributed by atoms with Crippen LogP contribution in [0.4, 0.5) is 5.95 Å². The number of pyridine rings is 1. The largest absolute Gasteiger partial charge is 0.357 e. The Balaban J connectivity index is 2.33. The maximum Gasteiger partial charge on any atom is 0.352 e. The Morgan fingerprint density at radius 3 is 2.79 bits per heavy atom. The molecule has 0 aliphatic rings. The molecule has 0 spiro atoms. The Morgan fingerprint density at radius 1 is 1.37 bits per heavy atom. The van der Waals surface area contributed by atoms with Crippen LogP contribution in [0.15, 0.2) is 27.9 Å². The van der Waals surface area contributed by atoms with E-state index >= 15 is 0 Å². The first-order valence-electron chi connectivity index (χ1n) is 5.89. The van der Waals surface area contributed by atoms with E-state index in [9.17, 15) is 4.79 Å². The maximum absolute atomic E-state index is 11.8. The quantitative estimate of drug-likeness (QED) is 0.862. The number of hydrogen-bond acceptors (Lipinski definition) is 5. The molecule has 0 unspecified atom stereocenters. The van der Waals surface area contributed by atoms with E-state index in [4.69, 9.17) is 0 Å². The van der Waals surface area contributed by atoms with E-state index in [1.807, 2.05) is 19.1 Å². The molecule has 6 nitrogen and oxygen atoms in total. The zero-order valence-electron chi connectivity index (χ0n) is 10.7. The molecule has 0 aromatic carbocycles. The van der Waals surface area contributed by atoms with Gasteiger partial charge in [-0.05, 0) is 34.0 Å². The molecule has 0 fully saturated rings. The van der Waals surface area contributed by atoms with Crippen LogP contribution >= 0.6 is 15.9 Å². The van der Waals surface area contributed by atoms with Crippen molar-refractivity contribution in [3.8, 4) is 0 Å². The number of rotatable bonds is 4. The smallest absolute Gasteiger partial charge is 0.352 e. The Hall–Kier alpha value is -1.76. The van der Waals surface area contributed by atoms with Crippen molar-refractivity contribution in [3.05, 3.63) is 44.8 Å². The fourth-order valence-electron chi connectivity index (χ4n) is 1.72. The van der Waals surface area contributed by atoms with Crippen LogP contribution in [0.25, 0.3) is 0 Å². The summed E-state index contributed by atoms with van der Waals surface area (Å²) in [5, 5.41) is 2.73. The minimum Gasteiger partial charge on any atom is -0.357 e. The van der Waals surface area contributed by atoms with E-state index in [-0.39, 0.29) is 5.69 Å². The van der Waals surface area contributed by atoms with Crippen molar-refractivity contribution in [2.24, 2.45) is 0 Å². The van der Waals surface area contributed by atoms with Gasteiger partial charge in [-0.1, -0.05) is 13.0 Å². The number of hydrogen-bond donors (Lipinski definition) is 1. The van der Waals surface area contributed by atoms with Gasteiger partial charge < -0.3 is 5.32 Å². The molecule has 2 aromatic heterocycles. The summed E-state index contributed by atoms with van der Waals surface area (Å²) in [6.07, 6.45) is 2.29. The molecule has 0 saturated heterocycles. The van der Waals surface area contributed by atoms with Gasteiger partial charge in [0.05, 0.1) is 6.54 Å². The van der Waals surface area contributed by atoms with Gasteiger partial charge in [0, 0.05) is 12.7 Å². The highest BCUT2D eigenvalue weighted by Crippen LogP contribution is 2.13. The number of aromatic nitrogens is 4. The molecule has 1 N–H and O–H groups in total. The predicted molar refractivity (Wildman–Crippen MR) is 76.3 cm³/mol. The zero-order chi connectivity index (χ0) is 13.8. The molecule has 0 aliphatic heterocycles. The third-order valence-corrected chi connectivity index (χ3v) is 3.14. The molecule has 100 valence electrons. The van der Waals surface area contributed by atoms with Crippen molar-refractivity contribution in [3.63, 3.8) is 0 Å². The fraction of sp³-hybridized carbons (Fsp3) is 0.333. The predicted octanol–water partition coefficient (Wildman–Crippen LogP) is 1.45. The molecule has 7 heteroatoms. The molecular weight excluding hydrogens is 310 g/mol. The molecule has 0 radical (unpaired) electrons. The highest BCUT2D eigenvalue weighted by molar-refractivity contribution is 9.10. The first-order valence-corrected chi connectivity index (χ1v) is 6.69. The third-order valence-electron chi connectivity index (χ3n) is 2.70. The van der Waals surface area contributed by atoms with Crippen molar-refractivity contribution in [1.82, 2.24) is 19.5 Å². The first-order chi connectivity index (χ1) is 9.13. The van der Waals surface area contributed by atoms with E-state index in [0.29, 0.717) is 12.5 Å². The first kappa shape index (κ1) is 13.7. The molecule has 2 heterocycles. The summed E-state index contributed by atoms with van der Waals surface area (Å²) >= 11 is 3.34. The highest BCUT2D eigenvalue weighted by Gasteiger charge is 2.06. The van der Waals surface area contributed by atoms with Crippen molar-refractivity contribution < 1.29 is 0 Å². The molecule has 2 rings (SSSR count). The molecule has 0 bridgehead atoms. The topological polar surface area (TPSA) is 72.7 Å². The van der Waals surface area contributed by atoms with Crippen LogP contribution in [0.1, 0.15) is 18.2 Å². The Labute approximate surface area is 119 Å². The van der Waals surface area contributed by atoms with E-state index < -0.39 is 0 Å². The Morgan fingerprint density at radius 2 is 2.16 bits per heavy atom. The van der Waals surface area contributed by atoms with Gasteiger partial charge in [0.1, 0.15) is 10.9 Å². The van der Waals surface area contributed by atoms with Gasteiger partial charge >= 0.3 is 5.69 Å². The normalized spacial score (nSPS) is 10.5. The average molecular weight is 324 g/mol. The summed E-state index contributed by atoms with van der Waals surface area (Å²) in [6, 6.07) is 3.82. The van der Waals surface area contributed by atoms with Gasteiger partial charge in [0.15, 0.2) is 0 Å². The Bertz CT molecular complexity index is 640. The van der Waals surface area contributed by atoms with Gasteiger partial charge in [-0.3, -0.25) is 4.57 Å². The molecule has 0 aliphatic carbocycles. The summed E-state index contributed by atoms with van der Waals surface area (Å²) in [7, 11) is 1.67. The SMILES string of the molecule is CCc1nc(Br)ccc1Cn1cnc(NC)nc1=O. The standard InChI is InChI=1S/C12H14BrN5O/c1-3-9-8(4-5-10(13)16-9)6-18-7-15-11(14-2)17-12(18)19/h4-5,7H,3,6H2,1-2H3,(H,14,17,19). The molecule has 0 amide bonds. The van der Waals surface area contributed by atoms with E-state index in [1.165, 1.54) is 10.9 Å². The zero-order valence-corrected chi connectivity index (χ0v) is 12.3. The third kappa shape index (κ3) is 3.17. The molecule has 0 saturated carbocycles. The number of anilines is 1. The minimum atomic E-state index is -0.329. The number of aryl methyl sites for hydroxylation is 1. The average Bonchev–Trinajstić information content (AvgIpc) is 2.42.